The van der Waals surface area contributed by atoms with E-state index in [0.29, 0.717) is 35.9 Å². The highest BCUT2D eigenvalue weighted by Gasteiger charge is 2.24. The van der Waals surface area contributed by atoms with E-state index in [2.05, 4.69) is 31.5 Å². The molecule has 2 amide bonds. The standard InChI is InChI=1S/C21H26BrN3O6/c1-28-16-4-3-14(11-18(16)29-2)15(25-7-9-30-10-8-25)12-23-20(26)13-24-21(27)17-5-6-19(22)31-17/h3-6,11,15H,7-10,12-13H2,1-2H3,(H,23,26)(H,24,27). The van der Waals surface area contributed by atoms with Crippen molar-refractivity contribution in [2.24, 2.45) is 0 Å². The Morgan fingerprint density at radius 3 is 2.48 bits per heavy atom. The van der Waals surface area contributed by atoms with Gasteiger partial charge in [-0.2, -0.15) is 0 Å². The monoisotopic (exact) mass is 495 g/mol. The Balaban J connectivity index is 1.63. The van der Waals surface area contributed by atoms with Crippen molar-refractivity contribution in [2.45, 2.75) is 6.04 Å². The average Bonchev–Trinajstić information content (AvgIpc) is 3.24. The molecular weight excluding hydrogens is 470 g/mol. The zero-order valence-corrected chi connectivity index (χ0v) is 19.1. The Kier molecular flexibility index (Phi) is 8.33. The predicted molar refractivity (Wildman–Crippen MR) is 116 cm³/mol. The molecule has 0 bridgehead atoms. The molecule has 2 aromatic rings. The number of nitrogens with zero attached hydrogens (tertiary/aromatic N) is 1. The number of carbonyl (C=O) groups is 2. The molecule has 10 heteroatoms. The number of halogens is 1. The highest BCUT2D eigenvalue weighted by molar-refractivity contribution is 9.10. The quantitative estimate of drug-likeness (QED) is 0.548. The van der Waals surface area contributed by atoms with Crippen LogP contribution < -0.4 is 20.1 Å². The molecular formula is C21H26BrN3O6. The van der Waals surface area contributed by atoms with Crippen molar-refractivity contribution >= 4 is 27.7 Å². The number of amides is 2. The van der Waals surface area contributed by atoms with Crippen molar-refractivity contribution in [2.75, 3.05) is 53.6 Å². The molecule has 1 aromatic heterocycles. The Bertz CT molecular complexity index is 897. The van der Waals surface area contributed by atoms with Crippen LogP contribution in [0.25, 0.3) is 0 Å². The van der Waals surface area contributed by atoms with Gasteiger partial charge in [-0.15, -0.1) is 0 Å². The minimum Gasteiger partial charge on any atom is -0.493 e. The summed E-state index contributed by atoms with van der Waals surface area (Å²) in [4.78, 5) is 26.7. The molecule has 1 aliphatic heterocycles. The molecule has 1 unspecified atom stereocenters. The largest absolute Gasteiger partial charge is 0.493 e. The van der Waals surface area contributed by atoms with E-state index >= 15 is 0 Å². The van der Waals surface area contributed by atoms with E-state index in [0.717, 1.165) is 18.7 Å². The normalized spacial score (nSPS) is 15.2. The van der Waals surface area contributed by atoms with Gasteiger partial charge >= 0.3 is 0 Å². The molecule has 1 fully saturated rings. The van der Waals surface area contributed by atoms with Crippen molar-refractivity contribution in [1.82, 2.24) is 15.5 Å². The summed E-state index contributed by atoms with van der Waals surface area (Å²) in [5.74, 6) is 0.657. The lowest BCUT2D eigenvalue weighted by atomic mass is 10.0. The van der Waals surface area contributed by atoms with Crippen LogP contribution in [0.1, 0.15) is 22.2 Å². The number of benzene rings is 1. The fourth-order valence-electron chi connectivity index (χ4n) is 3.36. The summed E-state index contributed by atoms with van der Waals surface area (Å²) in [6.45, 7) is 2.98. The van der Waals surface area contributed by atoms with Crippen molar-refractivity contribution in [3.05, 3.63) is 46.3 Å². The molecule has 1 saturated heterocycles. The third kappa shape index (κ3) is 6.22. The highest BCUT2D eigenvalue weighted by atomic mass is 79.9. The van der Waals surface area contributed by atoms with Crippen LogP contribution in [-0.2, 0) is 9.53 Å². The van der Waals surface area contributed by atoms with Crippen LogP contribution in [0.4, 0.5) is 0 Å². The van der Waals surface area contributed by atoms with E-state index in [-0.39, 0.29) is 24.3 Å². The maximum atomic E-state index is 12.4. The fourth-order valence-corrected chi connectivity index (χ4v) is 3.67. The first-order valence-electron chi connectivity index (χ1n) is 9.85. The lowest BCUT2D eigenvalue weighted by molar-refractivity contribution is -0.120. The van der Waals surface area contributed by atoms with Crippen molar-refractivity contribution in [3.63, 3.8) is 0 Å². The van der Waals surface area contributed by atoms with Gasteiger partial charge in [0, 0.05) is 19.6 Å². The summed E-state index contributed by atoms with van der Waals surface area (Å²) in [6.07, 6.45) is 0. The maximum absolute atomic E-state index is 12.4. The second-order valence-electron chi connectivity index (χ2n) is 6.87. The van der Waals surface area contributed by atoms with Gasteiger partial charge < -0.3 is 29.3 Å². The Morgan fingerprint density at radius 1 is 1.10 bits per heavy atom. The van der Waals surface area contributed by atoms with Crippen LogP contribution in [0.15, 0.2) is 39.4 Å². The number of methoxy groups -OCH3 is 2. The molecule has 31 heavy (non-hydrogen) atoms. The lowest BCUT2D eigenvalue weighted by Crippen LogP contribution is -2.45. The van der Waals surface area contributed by atoms with Crippen molar-refractivity contribution in [3.8, 4) is 11.5 Å². The molecule has 0 aliphatic carbocycles. The van der Waals surface area contributed by atoms with Crippen LogP contribution in [0.2, 0.25) is 0 Å². The molecule has 1 aromatic carbocycles. The van der Waals surface area contributed by atoms with E-state index in [1.54, 1.807) is 20.3 Å². The van der Waals surface area contributed by atoms with E-state index in [1.165, 1.54) is 6.07 Å². The first-order valence-corrected chi connectivity index (χ1v) is 10.6. The first kappa shape index (κ1) is 23.1. The SMILES string of the molecule is COc1ccc(C(CNC(=O)CNC(=O)c2ccc(Br)o2)N2CCOCC2)cc1OC. The molecule has 0 saturated carbocycles. The van der Waals surface area contributed by atoms with Gasteiger partial charge in [0.2, 0.25) is 5.91 Å². The van der Waals surface area contributed by atoms with Crippen LogP contribution in [0.5, 0.6) is 11.5 Å². The molecule has 3 rings (SSSR count). The van der Waals surface area contributed by atoms with Gasteiger partial charge in [-0.3, -0.25) is 14.5 Å². The van der Waals surface area contributed by atoms with E-state index in [4.69, 9.17) is 18.6 Å². The number of carbonyl (C=O) groups excluding carboxylic acids is 2. The van der Waals surface area contributed by atoms with E-state index < -0.39 is 5.91 Å². The van der Waals surface area contributed by atoms with Gasteiger partial charge in [0.15, 0.2) is 21.9 Å². The second kappa shape index (κ2) is 11.2. The van der Waals surface area contributed by atoms with Crippen molar-refractivity contribution < 1.29 is 28.2 Å². The lowest BCUT2D eigenvalue weighted by Gasteiger charge is -2.35. The molecule has 168 valence electrons. The minimum atomic E-state index is -0.453. The van der Waals surface area contributed by atoms with Crippen LogP contribution >= 0.6 is 15.9 Å². The molecule has 0 spiro atoms. The van der Waals surface area contributed by atoms with Gasteiger partial charge in [-0.1, -0.05) is 6.07 Å². The van der Waals surface area contributed by atoms with Gasteiger partial charge in [0.25, 0.3) is 5.91 Å². The molecule has 0 radical (unpaired) electrons. The van der Waals surface area contributed by atoms with Crippen LogP contribution in [-0.4, -0.2) is 70.3 Å². The van der Waals surface area contributed by atoms with E-state index in [1.807, 2.05) is 18.2 Å². The number of morpholine rings is 1. The average molecular weight is 496 g/mol. The van der Waals surface area contributed by atoms with Gasteiger partial charge in [-0.25, -0.2) is 0 Å². The predicted octanol–water partition coefficient (Wildman–Crippen LogP) is 1.98. The number of hydrogen-bond acceptors (Lipinski definition) is 7. The molecule has 2 heterocycles. The molecule has 1 aliphatic rings. The summed E-state index contributed by atoms with van der Waals surface area (Å²) in [5.41, 5.74) is 0.990. The second-order valence-corrected chi connectivity index (χ2v) is 7.65. The number of nitrogens with one attached hydrogen (secondary N) is 2. The van der Waals surface area contributed by atoms with Crippen molar-refractivity contribution in [1.29, 1.82) is 0 Å². The molecule has 2 N–H and O–H groups in total. The maximum Gasteiger partial charge on any atom is 0.287 e. The van der Waals surface area contributed by atoms with Crippen LogP contribution in [0, 0.1) is 0 Å². The number of ether oxygens (including phenoxy) is 3. The fraction of sp³-hybridized carbons (Fsp3) is 0.429. The first-order chi connectivity index (χ1) is 15.0. The van der Waals surface area contributed by atoms with Gasteiger partial charge in [0.1, 0.15) is 0 Å². The number of rotatable bonds is 9. The summed E-state index contributed by atoms with van der Waals surface area (Å²) in [5, 5.41) is 5.46. The zero-order chi connectivity index (χ0) is 22.2. The zero-order valence-electron chi connectivity index (χ0n) is 17.5. The summed E-state index contributed by atoms with van der Waals surface area (Å²) < 4.78 is 21.9. The molecule has 1 atom stereocenters. The summed E-state index contributed by atoms with van der Waals surface area (Å²) in [6, 6.07) is 8.80. The Morgan fingerprint density at radius 2 is 1.84 bits per heavy atom. The Labute approximate surface area is 189 Å². The molecule has 9 nitrogen and oxygen atoms in total. The topological polar surface area (TPSA) is 102 Å². The summed E-state index contributed by atoms with van der Waals surface area (Å²) in [7, 11) is 3.18. The smallest absolute Gasteiger partial charge is 0.287 e. The highest BCUT2D eigenvalue weighted by Crippen LogP contribution is 2.32. The van der Waals surface area contributed by atoms with Gasteiger partial charge in [0.05, 0.1) is 40.0 Å². The third-order valence-electron chi connectivity index (χ3n) is 4.98. The number of hydrogen-bond donors (Lipinski definition) is 2. The minimum absolute atomic E-state index is 0.0793. The van der Waals surface area contributed by atoms with Gasteiger partial charge in [-0.05, 0) is 45.8 Å². The number of furan rings is 1. The Hall–Kier alpha value is -2.56. The third-order valence-corrected chi connectivity index (χ3v) is 5.40. The van der Waals surface area contributed by atoms with Crippen LogP contribution in [0.3, 0.4) is 0 Å². The summed E-state index contributed by atoms with van der Waals surface area (Å²) >= 11 is 3.14. The van der Waals surface area contributed by atoms with E-state index in [9.17, 15) is 9.59 Å².